The number of rotatable bonds is 2. The van der Waals surface area contributed by atoms with Gasteiger partial charge in [0.2, 0.25) is 5.78 Å². The fourth-order valence-corrected chi connectivity index (χ4v) is 2.53. The quantitative estimate of drug-likeness (QED) is 0.544. The number of fused-ring (bicyclic) bond motifs is 3. The predicted molar refractivity (Wildman–Crippen MR) is 77.8 cm³/mol. The predicted octanol–water partition coefficient (Wildman–Crippen LogP) is 3.28. The molecule has 4 rings (SSSR count). The Morgan fingerprint density at radius 1 is 1.00 bits per heavy atom. The molecule has 0 saturated heterocycles. The molecule has 0 radical (unpaired) electrons. The summed E-state index contributed by atoms with van der Waals surface area (Å²) in [5, 5.41) is 2.29. The summed E-state index contributed by atoms with van der Waals surface area (Å²) in [5.74, 6) is -0.0770. The Labute approximate surface area is 114 Å². The lowest BCUT2D eigenvalue weighted by atomic mass is 10.1. The average Bonchev–Trinajstić information content (AvgIpc) is 3.13. The van der Waals surface area contributed by atoms with Gasteiger partial charge in [-0.2, -0.15) is 0 Å². The molecular formula is C16H11N3O. The molecular weight excluding hydrogens is 250 g/mol. The van der Waals surface area contributed by atoms with Crippen LogP contribution in [0.1, 0.15) is 16.1 Å². The second-order valence-electron chi connectivity index (χ2n) is 4.71. The summed E-state index contributed by atoms with van der Waals surface area (Å²) in [7, 11) is 0. The summed E-state index contributed by atoms with van der Waals surface area (Å²) < 4.78 is 0. The van der Waals surface area contributed by atoms with E-state index in [0.717, 1.165) is 16.4 Å². The topological polar surface area (TPSA) is 61.5 Å². The van der Waals surface area contributed by atoms with Crippen LogP contribution < -0.4 is 0 Å². The van der Waals surface area contributed by atoms with E-state index in [0.29, 0.717) is 11.3 Å². The molecule has 0 fully saturated rings. The zero-order chi connectivity index (χ0) is 13.5. The van der Waals surface area contributed by atoms with Crippen molar-refractivity contribution >= 4 is 27.6 Å². The molecule has 0 aliphatic heterocycles. The number of imidazole rings is 1. The molecule has 0 bridgehead atoms. The first kappa shape index (κ1) is 11.0. The van der Waals surface area contributed by atoms with E-state index in [1.165, 1.54) is 11.7 Å². The maximum absolute atomic E-state index is 12.3. The molecule has 20 heavy (non-hydrogen) atoms. The minimum Gasteiger partial charge on any atom is -0.354 e. The number of para-hydroxylation sites is 1. The largest absolute Gasteiger partial charge is 0.354 e. The van der Waals surface area contributed by atoms with E-state index in [9.17, 15) is 4.79 Å². The van der Waals surface area contributed by atoms with Gasteiger partial charge in [0.25, 0.3) is 0 Å². The van der Waals surface area contributed by atoms with E-state index >= 15 is 0 Å². The van der Waals surface area contributed by atoms with Crippen molar-refractivity contribution in [3.63, 3.8) is 0 Å². The molecule has 0 saturated carbocycles. The van der Waals surface area contributed by atoms with Gasteiger partial charge in [-0.25, -0.2) is 4.98 Å². The van der Waals surface area contributed by atoms with Gasteiger partial charge in [-0.3, -0.25) is 4.79 Å². The summed E-state index contributed by atoms with van der Waals surface area (Å²) in [6.45, 7) is 0. The maximum Gasteiger partial charge on any atom is 0.212 e. The minimum absolute atomic E-state index is 0.0770. The van der Waals surface area contributed by atoms with Gasteiger partial charge < -0.3 is 9.97 Å². The first-order chi connectivity index (χ1) is 9.83. The number of aromatic nitrogens is 3. The second kappa shape index (κ2) is 4.06. The molecule has 4 aromatic rings. The first-order valence-electron chi connectivity index (χ1n) is 6.37. The Morgan fingerprint density at radius 3 is 2.70 bits per heavy atom. The highest BCUT2D eigenvalue weighted by atomic mass is 16.1. The van der Waals surface area contributed by atoms with Crippen molar-refractivity contribution in [3.05, 3.63) is 66.2 Å². The molecule has 0 amide bonds. The Bertz CT molecular complexity index is 919. The molecule has 0 atom stereocenters. The van der Waals surface area contributed by atoms with Crippen LogP contribution in [0, 0.1) is 0 Å². The summed E-state index contributed by atoms with van der Waals surface area (Å²) >= 11 is 0. The van der Waals surface area contributed by atoms with Crippen LogP contribution in [0.5, 0.6) is 0 Å². The lowest BCUT2D eigenvalue weighted by Crippen LogP contribution is -2.01. The van der Waals surface area contributed by atoms with E-state index in [2.05, 4.69) is 21.0 Å². The van der Waals surface area contributed by atoms with Gasteiger partial charge in [0.15, 0.2) is 0 Å². The number of carbonyl (C=O) groups excluding carboxylic acids is 1. The first-order valence-corrected chi connectivity index (χ1v) is 6.37. The van der Waals surface area contributed by atoms with E-state index < -0.39 is 0 Å². The Hall–Kier alpha value is -2.88. The van der Waals surface area contributed by atoms with Gasteiger partial charge in [-0.15, -0.1) is 0 Å². The third-order valence-electron chi connectivity index (χ3n) is 3.50. The molecule has 2 N–H and O–H groups in total. The lowest BCUT2D eigenvalue weighted by molar-refractivity contribution is 0.103. The van der Waals surface area contributed by atoms with Crippen LogP contribution in [0.2, 0.25) is 0 Å². The van der Waals surface area contributed by atoms with Crippen molar-refractivity contribution in [3.8, 4) is 0 Å². The standard InChI is InChI=1S/C16H11N3O/c20-16(15-8-17-9-18-15)10-5-6-12-11-3-1-2-4-13(11)19-14(12)7-10/h1-9,19H,(H,17,18). The van der Waals surface area contributed by atoms with E-state index in [1.54, 1.807) is 6.20 Å². The summed E-state index contributed by atoms with van der Waals surface area (Å²) in [6, 6.07) is 13.8. The fraction of sp³-hybridized carbons (Fsp3) is 0. The van der Waals surface area contributed by atoms with Crippen molar-refractivity contribution < 1.29 is 4.79 Å². The number of carbonyl (C=O) groups is 1. The number of ketones is 1. The summed E-state index contributed by atoms with van der Waals surface area (Å²) in [5.41, 5.74) is 3.11. The smallest absolute Gasteiger partial charge is 0.212 e. The van der Waals surface area contributed by atoms with Crippen LogP contribution in [0.25, 0.3) is 21.8 Å². The average molecular weight is 261 g/mol. The van der Waals surface area contributed by atoms with Crippen LogP contribution in [-0.4, -0.2) is 20.7 Å². The van der Waals surface area contributed by atoms with E-state index in [1.807, 2.05) is 36.4 Å². The number of benzene rings is 2. The normalized spacial score (nSPS) is 11.2. The van der Waals surface area contributed by atoms with Crippen LogP contribution in [-0.2, 0) is 0 Å². The second-order valence-corrected chi connectivity index (χ2v) is 4.71. The fourth-order valence-electron chi connectivity index (χ4n) is 2.53. The highest BCUT2D eigenvalue weighted by Crippen LogP contribution is 2.26. The number of nitrogens with one attached hydrogen (secondary N) is 2. The van der Waals surface area contributed by atoms with Gasteiger partial charge in [-0.1, -0.05) is 30.3 Å². The lowest BCUT2D eigenvalue weighted by Gasteiger charge is -1.98. The highest BCUT2D eigenvalue weighted by molar-refractivity contribution is 6.12. The van der Waals surface area contributed by atoms with Gasteiger partial charge in [0.05, 0.1) is 6.33 Å². The van der Waals surface area contributed by atoms with Gasteiger partial charge >= 0.3 is 0 Å². The molecule has 0 spiro atoms. The van der Waals surface area contributed by atoms with Crippen molar-refractivity contribution in [2.45, 2.75) is 0 Å². The molecule has 0 aliphatic rings. The summed E-state index contributed by atoms with van der Waals surface area (Å²) in [4.78, 5) is 22.4. The molecule has 0 unspecified atom stereocenters. The van der Waals surface area contributed by atoms with Crippen LogP contribution in [0.4, 0.5) is 0 Å². The number of hydrogen-bond acceptors (Lipinski definition) is 2. The number of nitrogens with zero attached hydrogens (tertiary/aromatic N) is 1. The van der Waals surface area contributed by atoms with Gasteiger partial charge in [0.1, 0.15) is 5.69 Å². The SMILES string of the molecule is O=C(c1ccc2c(c1)[nH]c1ccccc12)c1c[nH]cn1. The third-order valence-corrected chi connectivity index (χ3v) is 3.50. The number of aromatic amines is 2. The molecule has 2 heterocycles. The molecule has 2 aromatic heterocycles. The molecule has 96 valence electrons. The molecule has 0 aliphatic carbocycles. The van der Waals surface area contributed by atoms with Gasteiger partial charge in [0, 0.05) is 33.6 Å². The monoisotopic (exact) mass is 261 g/mol. The molecule has 4 nitrogen and oxygen atoms in total. The Morgan fingerprint density at radius 2 is 1.85 bits per heavy atom. The van der Waals surface area contributed by atoms with Gasteiger partial charge in [-0.05, 0) is 12.1 Å². The number of hydrogen-bond donors (Lipinski definition) is 2. The van der Waals surface area contributed by atoms with Crippen molar-refractivity contribution in [2.75, 3.05) is 0 Å². The van der Waals surface area contributed by atoms with E-state index in [4.69, 9.17) is 0 Å². The third kappa shape index (κ3) is 1.55. The van der Waals surface area contributed by atoms with Crippen LogP contribution in [0.3, 0.4) is 0 Å². The van der Waals surface area contributed by atoms with Crippen LogP contribution >= 0.6 is 0 Å². The maximum atomic E-state index is 12.3. The summed E-state index contributed by atoms with van der Waals surface area (Å²) in [6.07, 6.45) is 3.12. The minimum atomic E-state index is -0.0770. The van der Waals surface area contributed by atoms with Crippen molar-refractivity contribution in [2.24, 2.45) is 0 Å². The molecule has 4 heteroatoms. The van der Waals surface area contributed by atoms with Crippen LogP contribution in [0.15, 0.2) is 55.0 Å². The van der Waals surface area contributed by atoms with Crippen molar-refractivity contribution in [1.82, 2.24) is 15.0 Å². The van der Waals surface area contributed by atoms with Crippen molar-refractivity contribution in [1.29, 1.82) is 0 Å². The number of H-pyrrole nitrogens is 2. The zero-order valence-corrected chi connectivity index (χ0v) is 10.6. The molecule has 2 aromatic carbocycles. The Balaban J connectivity index is 1.91. The highest BCUT2D eigenvalue weighted by Gasteiger charge is 2.12. The Kier molecular flexibility index (Phi) is 2.23. The van der Waals surface area contributed by atoms with E-state index in [-0.39, 0.29) is 5.78 Å². The zero-order valence-electron chi connectivity index (χ0n) is 10.6.